The van der Waals surface area contributed by atoms with Crippen LogP contribution in [-0.2, 0) is 9.16 Å². The second-order valence-corrected chi connectivity index (χ2v) is 12.0. The Labute approximate surface area is 147 Å². The summed E-state index contributed by atoms with van der Waals surface area (Å²) in [4.78, 5) is 3.62. The fraction of sp³-hybridized carbons (Fsp3) is 0.588. The molecule has 0 aliphatic carbocycles. The molecule has 1 heterocycles. The molecule has 0 saturated heterocycles. The first-order valence-electron chi connectivity index (χ1n) is 7.93. The van der Waals surface area contributed by atoms with E-state index in [9.17, 15) is 17.6 Å². The minimum absolute atomic E-state index is 0.0445. The molecule has 0 aliphatic heterocycles. The van der Waals surface area contributed by atoms with Crippen LogP contribution in [0.2, 0.25) is 18.1 Å². The summed E-state index contributed by atoms with van der Waals surface area (Å²) in [5, 5.41) is -0.473. The molecule has 1 rings (SSSR count). The minimum atomic E-state index is -4.80. The number of pyridine rings is 1. The Kier molecular flexibility index (Phi) is 6.45. The minimum Gasteiger partial charge on any atom is -0.494 e. The first-order valence-corrected chi connectivity index (χ1v) is 10.8. The molecule has 0 radical (unpaired) electrons. The lowest BCUT2D eigenvalue weighted by atomic mass is 10.1. The summed E-state index contributed by atoms with van der Waals surface area (Å²) in [6.07, 6.45) is -6.14. The Morgan fingerprint density at radius 1 is 1.28 bits per heavy atom. The topological polar surface area (TPSA) is 31.4 Å². The largest absolute Gasteiger partial charge is 0.494 e. The molecule has 0 bridgehead atoms. The van der Waals surface area contributed by atoms with Crippen LogP contribution in [0, 0.1) is 5.82 Å². The normalized spacial score (nSPS) is 14.3. The lowest BCUT2D eigenvalue weighted by Crippen LogP contribution is -2.45. The van der Waals surface area contributed by atoms with Gasteiger partial charge in [-0.3, -0.25) is 4.98 Å². The molecule has 1 atom stereocenters. The number of aromatic nitrogens is 1. The van der Waals surface area contributed by atoms with Gasteiger partial charge in [0.2, 0.25) is 0 Å². The summed E-state index contributed by atoms with van der Waals surface area (Å²) in [7, 11) is -2.82. The molecule has 0 spiro atoms. The molecule has 25 heavy (non-hydrogen) atoms. The van der Waals surface area contributed by atoms with Crippen molar-refractivity contribution in [3.05, 3.63) is 35.9 Å². The van der Waals surface area contributed by atoms with E-state index in [1.54, 1.807) is 20.0 Å². The molecule has 1 aromatic heterocycles. The molecule has 1 aromatic rings. The highest BCUT2D eigenvalue weighted by Gasteiger charge is 2.50. The number of hydrogen-bond acceptors (Lipinski definition) is 3. The maximum Gasteiger partial charge on any atom is 0.419 e. The summed E-state index contributed by atoms with van der Waals surface area (Å²) in [6.45, 7) is 14.2. The van der Waals surface area contributed by atoms with Crippen LogP contribution in [0.25, 0.3) is 5.76 Å². The number of ether oxygens (including phenoxy) is 1. The predicted octanol–water partition coefficient (Wildman–Crippen LogP) is 5.85. The van der Waals surface area contributed by atoms with Crippen LogP contribution in [0.15, 0.2) is 18.8 Å². The van der Waals surface area contributed by atoms with Crippen molar-refractivity contribution in [2.45, 2.75) is 58.1 Å². The highest BCUT2D eigenvalue weighted by molar-refractivity contribution is 6.74. The molecule has 0 amide bonds. The van der Waals surface area contributed by atoms with Crippen molar-refractivity contribution in [1.29, 1.82) is 0 Å². The van der Waals surface area contributed by atoms with Crippen molar-refractivity contribution in [2.75, 3.05) is 6.61 Å². The van der Waals surface area contributed by atoms with Gasteiger partial charge in [-0.15, -0.1) is 0 Å². The fourth-order valence-corrected chi connectivity index (χ4v) is 3.05. The SMILES string of the molecule is C=C(OCC)c1ccnc(C(O[Si](C)(C)C(C)(C)C)C(F)(F)F)c1F. The van der Waals surface area contributed by atoms with E-state index in [0.717, 1.165) is 6.20 Å². The van der Waals surface area contributed by atoms with Crippen LogP contribution < -0.4 is 0 Å². The maximum absolute atomic E-state index is 14.7. The summed E-state index contributed by atoms with van der Waals surface area (Å²) in [5.74, 6) is -1.17. The number of hydrogen-bond donors (Lipinski definition) is 0. The van der Waals surface area contributed by atoms with E-state index < -0.39 is 37.1 Å². The first-order chi connectivity index (χ1) is 11.2. The fourth-order valence-electron chi connectivity index (χ4n) is 1.86. The van der Waals surface area contributed by atoms with Gasteiger partial charge in [0, 0.05) is 6.20 Å². The van der Waals surface area contributed by atoms with E-state index in [-0.39, 0.29) is 17.9 Å². The van der Waals surface area contributed by atoms with Crippen molar-refractivity contribution in [1.82, 2.24) is 4.98 Å². The number of alkyl halides is 3. The van der Waals surface area contributed by atoms with Crippen LogP contribution in [0.5, 0.6) is 0 Å². The smallest absolute Gasteiger partial charge is 0.419 e. The van der Waals surface area contributed by atoms with E-state index in [2.05, 4.69) is 11.6 Å². The third-order valence-corrected chi connectivity index (χ3v) is 8.74. The molecule has 0 aliphatic rings. The standard InChI is InChI=1S/C17H25F4NO2Si/c1-8-23-11(2)12-9-10-22-14(13(12)18)15(17(19,20)21)24-25(6,7)16(3,4)5/h9-10,15H,2,8H2,1,3-7H3. The van der Waals surface area contributed by atoms with E-state index >= 15 is 0 Å². The van der Waals surface area contributed by atoms with Crippen molar-refractivity contribution >= 4 is 14.1 Å². The lowest BCUT2D eigenvalue weighted by molar-refractivity contribution is -0.203. The summed E-state index contributed by atoms with van der Waals surface area (Å²) in [6, 6.07) is 1.23. The van der Waals surface area contributed by atoms with Crippen LogP contribution in [0.4, 0.5) is 17.6 Å². The maximum atomic E-state index is 14.7. The number of nitrogens with zero attached hydrogens (tertiary/aromatic N) is 1. The van der Waals surface area contributed by atoms with Crippen LogP contribution in [0.1, 0.15) is 45.1 Å². The third kappa shape index (κ3) is 5.04. The average Bonchev–Trinajstić information content (AvgIpc) is 2.43. The molecule has 8 heteroatoms. The molecule has 1 unspecified atom stereocenters. The van der Waals surface area contributed by atoms with Gasteiger partial charge >= 0.3 is 6.18 Å². The molecular weight excluding hydrogens is 354 g/mol. The van der Waals surface area contributed by atoms with Crippen molar-refractivity contribution in [2.24, 2.45) is 0 Å². The van der Waals surface area contributed by atoms with Crippen LogP contribution in [-0.4, -0.2) is 26.1 Å². The third-order valence-electron chi connectivity index (χ3n) is 4.30. The Morgan fingerprint density at radius 2 is 1.84 bits per heavy atom. The molecule has 3 nitrogen and oxygen atoms in total. The summed E-state index contributed by atoms with van der Waals surface area (Å²) < 4.78 is 66.2. The van der Waals surface area contributed by atoms with Gasteiger partial charge in [0.05, 0.1) is 12.2 Å². The van der Waals surface area contributed by atoms with Gasteiger partial charge in [0.1, 0.15) is 11.5 Å². The zero-order valence-corrected chi connectivity index (χ0v) is 16.4. The summed E-state index contributed by atoms with van der Waals surface area (Å²) in [5.41, 5.74) is -0.949. The van der Waals surface area contributed by atoms with Gasteiger partial charge in [0.15, 0.2) is 20.2 Å². The zero-order valence-electron chi connectivity index (χ0n) is 15.4. The molecular formula is C17H25F4NO2Si. The van der Waals surface area contributed by atoms with Crippen LogP contribution in [0.3, 0.4) is 0 Å². The van der Waals surface area contributed by atoms with E-state index in [4.69, 9.17) is 9.16 Å². The molecule has 142 valence electrons. The monoisotopic (exact) mass is 379 g/mol. The second-order valence-electron chi connectivity index (χ2n) is 7.21. The Morgan fingerprint density at radius 3 is 2.28 bits per heavy atom. The molecule has 0 saturated carbocycles. The lowest BCUT2D eigenvalue weighted by Gasteiger charge is -2.39. The average molecular weight is 379 g/mol. The molecule has 0 fully saturated rings. The van der Waals surface area contributed by atoms with Gasteiger partial charge in [-0.05, 0) is 31.1 Å². The number of rotatable bonds is 6. The van der Waals surface area contributed by atoms with Gasteiger partial charge in [-0.25, -0.2) is 4.39 Å². The van der Waals surface area contributed by atoms with Gasteiger partial charge < -0.3 is 9.16 Å². The summed E-state index contributed by atoms with van der Waals surface area (Å²) >= 11 is 0. The van der Waals surface area contributed by atoms with Gasteiger partial charge in [-0.1, -0.05) is 27.4 Å². The van der Waals surface area contributed by atoms with E-state index in [0.29, 0.717) is 0 Å². The quantitative estimate of drug-likeness (QED) is 0.353. The van der Waals surface area contributed by atoms with Crippen LogP contribution >= 0.6 is 0 Å². The molecule has 0 aromatic carbocycles. The van der Waals surface area contributed by atoms with Crippen molar-refractivity contribution in [3.63, 3.8) is 0 Å². The van der Waals surface area contributed by atoms with Crippen molar-refractivity contribution < 1.29 is 26.7 Å². The highest BCUT2D eigenvalue weighted by Crippen LogP contribution is 2.45. The second kappa shape index (κ2) is 7.45. The molecule has 0 N–H and O–H groups in total. The Hall–Kier alpha value is -1.41. The van der Waals surface area contributed by atoms with E-state index in [1.807, 2.05) is 20.8 Å². The number of halogens is 4. The Bertz CT molecular complexity index is 624. The van der Waals surface area contributed by atoms with Crippen molar-refractivity contribution in [3.8, 4) is 0 Å². The highest BCUT2D eigenvalue weighted by atomic mass is 28.4. The zero-order chi connectivity index (χ0) is 19.6. The van der Waals surface area contributed by atoms with Gasteiger partial charge in [0.25, 0.3) is 0 Å². The van der Waals surface area contributed by atoms with E-state index in [1.165, 1.54) is 6.07 Å². The van der Waals surface area contributed by atoms with Gasteiger partial charge in [-0.2, -0.15) is 13.2 Å². The first kappa shape index (κ1) is 21.6. The predicted molar refractivity (Wildman–Crippen MR) is 91.9 cm³/mol. The Balaban J connectivity index is 3.40.